The minimum atomic E-state index is -0.155. The number of hydrogen-bond acceptors (Lipinski definition) is 3. The highest BCUT2D eigenvalue weighted by molar-refractivity contribution is 6.02. The van der Waals surface area contributed by atoms with E-state index in [1.807, 2.05) is 66.6 Å². The molecule has 3 heterocycles. The van der Waals surface area contributed by atoms with Crippen LogP contribution in [0.2, 0.25) is 0 Å². The van der Waals surface area contributed by atoms with Crippen molar-refractivity contribution >= 4 is 17.3 Å². The fourth-order valence-corrected chi connectivity index (χ4v) is 3.87. The Morgan fingerprint density at radius 3 is 2.45 bits per heavy atom. The first-order chi connectivity index (χ1) is 14.2. The van der Waals surface area contributed by atoms with Crippen LogP contribution in [0.15, 0.2) is 54.7 Å². The number of likely N-dealkylation sites (tertiary alicyclic amines) is 1. The first-order valence-electron chi connectivity index (χ1n) is 10.3. The van der Waals surface area contributed by atoms with E-state index in [2.05, 4.69) is 4.98 Å². The van der Waals surface area contributed by atoms with Crippen LogP contribution >= 0.6 is 0 Å². The fraction of sp³-hybridized carbons (Fsp3) is 0.348. The second-order valence-electron chi connectivity index (χ2n) is 7.40. The Balaban J connectivity index is 1.68. The second kappa shape index (κ2) is 8.47. The molecule has 6 heteroatoms. The monoisotopic (exact) mass is 390 g/mol. The number of carbonyl (C=O) groups is 2. The summed E-state index contributed by atoms with van der Waals surface area (Å²) in [7, 11) is 0. The number of imidazole rings is 1. The molecule has 2 aromatic heterocycles. The summed E-state index contributed by atoms with van der Waals surface area (Å²) in [5.41, 5.74) is 2.07. The van der Waals surface area contributed by atoms with Crippen molar-refractivity contribution in [1.82, 2.24) is 19.2 Å². The molecule has 4 rings (SSSR count). The van der Waals surface area contributed by atoms with Gasteiger partial charge >= 0.3 is 0 Å². The maximum Gasteiger partial charge on any atom is 0.290 e. The topological polar surface area (TPSA) is 57.9 Å². The molecule has 0 bridgehead atoms. The zero-order valence-corrected chi connectivity index (χ0v) is 16.8. The molecule has 0 atom stereocenters. The summed E-state index contributed by atoms with van der Waals surface area (Å²) in [4.78, 5) is 34.6. The summed E-state index contributed by atoms with van der Waals surface area (Å²) in [6, 6.07) is 15.5. The molecule has 150 valence electrons. The lowest BCUT2D eigenvalue weighted by atomic mass is 10.1. The van der Waals surface area contributed by atoms with Gasteiger partial charge in [-0.2, -0.15) is 0 Å². The molecule has 0 aliphatic carbocycles. The number of fused-ring (bicyclic) bond motifs is 1. The van der Waals surface area contributed by atoms with Gasteiger partial charge in [0, 0.05) is 32.4 Å². The molecular weight excluding hydrogens is 364 g/mol. The Hall–Kier alpha value is -3.15. The molecule has 6 nitrogen and oxygen atoms in total. The lowest BCUT2D eigenvalue weighted by Crippen LogP contribution is -2.36. The normalized spacial score (nSPS) is 14.2. The smallest absolute Gasteiger partial charge is 0.290 e. The molecule has 1 aliphatic heterocycles. The molecular formula is C23H26N4O2. The number of piperidine rings is 1. The van der Waals surface area contributed by atoms with Crippen LogP contribution in [0.1, 0.15) is 52.9 Å². The lowest BCUT2D eigenvalue weighted by Gasteiger charge is -2.25. The summed E-state index contributed by atoms with van der Waals surface area (Å²) in [6.07, 6.45) is 4.99. The van der Waals surface area contributed by atoms with Crippen molar-refractivity contribution in [2.75, 3.05) is 19.6 Å². The van der Waals surface area contributed by atoms with Gasteiger partial charge in [0.15, 0.2) is 5.69 Å². The first kappa shape index (κ1) is 19.2. The van der Waals surface area contributed by atoms with Gasteiger partial charge in [-0.15, -0.1) is 0 Å². The molecule has 0 unspecified atom stereocenters. The summed E-state index contributed by atoms with van der Waals surface area (Å²) in [5.74, 6) is 0.0652. The van der Waals surface area contributed by atoms with E-state index >= 15 is 0 Å². The number of benzene rings is 1. The van der Waals surface area contributed by atoms with Crippen LogP contribution in [0, 0.1) is 0 Å². The minimum Gasteiger partial charge on any atom is -0.336 e. The van der Waals surface area contributed by atoms with E-state index in [-0.39, 0.29) is 11.8 Å². The molecule has 1 aromatic carbocycles. The van der Waals surface area contributed by atoms with E-state index in [4.69, 9.17) is 0 Å². The van der Waals surface area contributed by atoms with Gasteiger partial charge < -0.3 is 9.80 Å². The van der Waals surface area contributed by atoms with E-state index in [1.165, 1.54) is 0 Å². The van der Waals surface area contributed by atoms with E-state index in [9.17, 15) is 9.59 Å². The van der Waals surface area contributed by atoms with Crippen molar-refractivity contribution in [3.05, 3.63) is 71.8 Å². The number of pyridine rings is 1. The summed E-state index contributed by atoms with van der Waals surface area (Å²) >= 11 is 0. The Labute approximate surface area is 170 Å². The quantitative estimate of drug-likeness (QED) is 0.669. The largest absolute Gasteiger partial charge is 0.336 e. The van der Waals surface area contributed by atoms with Gasteiger partial charge in [0.05, 0.1) is 5.52 Å². The van der Waals surface area contributed by atoms with Crippen LogP contribution in [0.3, 0.4) is 0 Å². The zero-order chi connectivity index (χ0) is 20.2. The Bertz CT molecular complexity index is 1010. The van der Waals surface area contributed by atoms with E-state index in [0.29, 0.717) is 30.1 Å². The number of rotatable bonds is 5. The van der Waals surface area contributed by atoms with Crippen molar-refractivity contribution in [3.8, 4) is 0 Å². The summed E-state index contributed by atoms with van der Waals surface area (Å²) in [6.45, 7) is 4.53. The standard InChI is InChI=1S/C23H26N4O2/c1-2-25(17-18-11-5-3-6-12-18)22(28)20-19-13-7-10-16-27(19)21(24-20)23(29)26-14-8-4-9-15-26/h3,5-7,10-13,16H,2,4,8-9,14-15,17H2,1H3. The van der Waals surface area contributed by atoms with Crippen molar-refractivity contribution < 1.29 is 9.59 Å². The molecule has 0 saturated carbocycles. The van der Waals surface area contributed by atoms with Gasteiger partial charge in [-0.05, 0) is 43.9 Å². The Morgan fingerprint density at radius 2 is 1.72 bits per heavy atom. The highest BCUT2D eigenvalue weighted by atomic mass is 16.2. The predicted molar refractivity (Wildman–Crippen MR) is 112 cm³/mol. The molecule has 1 aliphatic rings. The molecule has 29 heavy (non-hydrogen) atoms. The average Bonchev–Trinajstić information content (AvgIpc) is 3.17. The number of aromatic nitrogens is 2. The minimum absolute atomic E-state index is 0.101. The maximum atomic E-state index is 13.3. The van der Waals surface area contributed by atoms with Crippen LogP contribution in [-0.4, -0.2) is 50.6 Å². The van der Waals surface area contributed by atoms with Crippen LogP contribution < -0.4 is 0 Å². The number of amides is 2. The zero-order valence-electron chi connectivity index (χ0n) is 16.8. The van der Waals surface area contributed by atoms with Crippen molar-refractivity contribution in [1.29, 1.82) is 0 Å². The van der Waals surface area contributed by atoms with Gasteiger partial charge in [0.1, 0.15) is 0 Å². The molecule has 3 aromatic rings. The number of carbonyl (C=O) groups excluding carboxylic acids is 2. The van der Waals surface area contributed by atoms with Crippen molar-refractivity contribution in [2.24, 2.45) is 0 Å². The second-order valence-corrected chi connectivity index (χ2v) is 7.40. The van der Waals surface area contributed by atoms with Gasteiger partial charge in [-0.3, -0.25) is 14.0 Å². The van der Waals surface area contributed by atoms with Gasteiger partial charge in [0.25, 0.3) is 11.8 Å². The van der Waals surface area contributed by atoms with Gasteiger partial charge in [-0.25, -0.2) is 4.98 Å². The molecule has 1 fully saturated rings. The maximum absolute atomic E-state index is 13.3. The number of nitrogens with zero attached hydrogens (tertiary/aromatic N) is 4. The molecule has 0 spiro atoms. The Kier molecular flexibility index (Phi) is 5.60. The summed E-state index contributed by atoms with van der Waals surface area (Å²) < 4.78 is 1.75. The SMILES string of the molecule is CCN(Cc1ccccc1)C(=O)c1nc(C(=O)N2CCCCC2)n2ccccc12. The third-order valence-corrected chi connectivity index (χ3v) is 5.47. The van der Waals surface area contributed by atoms with E-state index in [1.54, 1.807) is 9.30 Å². The number of hydrogen-bond donors (Lipinski definition) is 0. The van der Waals surface area contributed by atoms with Crippen LogP contribution in [0.5, 0.6) is 0 Å². The van der Waals surface area contributed by atoms with Crippen LogP contribution in [0.4, 0.5) is 0 Å². The lowest BCUT2D eigenvalue weighted by molar-refractivity contribution is 0.0711. The highest BCUT2D eigenvalue weighted by Crippen LogP contribution is 2.19. The van der Waals surface area contributed by atoms with Crippen molar-refractivity contribution in [2.45, 2.75) is 32.7 Å². The van der Waals surface area contributed by atoms with Gasteiger partial charge in [-0.1, -0.05) is 36.4 Å². The highest BCUT2D eigenvalue weighted by Gasteiger charge is 2.27. The fourth-order valence-electron chi connectivity index (χ4n) is 3.87. The van der Waals surface area contributed by atoms with Crippen LogP contribution in [0.25, 0.3) is 5.52 Å². The van der Waals surface area contributed by atoms with E-state index in [0.717, 1.165) is 37.9 Å². The molecule has 1 saturated heterocycles. The molecule has 0 radical (unpaired) electrons. The predicted octanol–water partition coefficient (Wildman–Crippen LogP) is 3.62. The summed E-state index contributed by atoms with van der Waals surface area (Å²) in [5, 5.41) is 0. The van der Waals surface area contributed by atoms with Gasteiger partial charge in [0.2, 0.25) is 5.82 Å². The molecule has 0 N–H and O–H groups in total. The van der Waals surface area contributed by atoms with Crippen molar-refractivity contribution in [3.63, 3.8) is 0 Å². The molecule has 2 amide bonds. The third-order valence-electron chi connectivity index (χ3n) is 5.47. The average molecular weight is 390 g/mol. The van der Waals surface area contributed by atoms with E-state index < -0.39 is 0 Å². The first-order valence-corrected chi connectivity index (χ1v) is 10.3. The Morgan fingerprint density at radius 1 is 1.00 bits per heavy atom. The third kappa shape index (κ3) is 3.88. The van der Waals surface area contributed by atoms with Crippen LogP contribution in [-0.2, 0) is 6.54 Å².